The maximum Gasteiger partial charge on any atom is 0.146 e. The zero-order valence-electron chi connectivity index (χ0n) is 7.42. The molecule has 0 radical (unpaired) electrons. The molecule has 0 N–H and O–H groups in total. The molecule has 1 aromatic rings. The molecule has 1 aromatic heterocycles. The van der Waals surface area contributed by atoms with Crippen LogP contribution in [0.25, 0.3) is 0 Å². The zero-order chi connectivity index (χ0) is 9.84. The predicted molar refractivity (Wildman–Crippen MR) is 59.9 cm³/mol. The molecule has 1 atom stereocenters. The summed E-state index contributed by atoms with van der Waals surface area (Å²) in [6, 6.07) is 0. The molecule has 3 nitrogen and oxygen atoms in total. The molecule has 0 aromatic carbocycles. The van der Waals surface area contributed by atoms with Gasteiger partial charge in [0.2, 0.25) is 0 Å². The molecular formula is C8H10ClIN2O. The molecule has 1 heterocycles. The van der Waals surface area contributed by atoms with Crippen LogP contribution in [-0.4, -0.2) is 23.2 Å². The van der Waals surface area contributed by atoms with Crippen molar-refractivity contribution in [1.82, 2.24) is 9.97 Å². The first-order valence-electron chi connectivity index (χ1n) is 3.83. The number of halogens is 2. The van der Waals surface area contributed by atoms with E-state index in [0.717, 1.165) is 9.39 Å². The van der Waals surface area contributed by atoms with Crippen LogP contribution in [0.4, 0.5) is 0 Å². The normalized spacial score (nSPS) is 12.9. The quantitative estimate of drug-likeness (QED) is 0.634. The topological polar surface area (TPSA) is 35.0 Å². The minimum atomic E-state index is 0.121. The van der Waals surface area contributed by atoms with E-state index in [1.807, 2.05) is 6.92 Å². The van der Waals surface area contributed by atoms with Gasteiger partial charge in [-0.2, -0.15) is 0 Å². The third-order valence-electron chi connectivity index (χ3n) is 1.62. The number of hydrogen-bond donors (Lipinski definition) is 0. The molecule has 1 rings (SSSR count). The number of hydrogen-bond acceptors (Lipinski definition) is 3. The SMILES string of the molecule is COC(C)Cc1ncc(I)c(Cl)n1. The lowest BCUT2D eigenvalue weighted by Gasteiger charge is -2.07. The van der Waals surface area contributed by atoms with Crippen molar-refractivity contribution in [3.63, 3.8) is 0 Å². The van der Waals surface area contributed by atoms with Crippen LogP contribution in [0.15, 0.2) is 6.20 Å². The molecule has 72 valence electrons. The summed E-state index contributed by atoms with van der Waals surface area (Å²) in [5.41, 5.74) is 0. The number of methoxy groups -OCH3 is 1. The molecule has 1 unspecified atom stereocenters. The number of rotatable bonds is 3. The number of ether oxygens (including phenoxy) is 1. The molecule has 0 fully saturated rings. The van der Waals surface area contributed by atoms with Crippen LogP contribution in [0, 0.1) is 3.57 Å². The van der Waals surface area contributed by atoms with Crippen LogP contribution in [-0.2, 0) is 11.2 Å². The Hall–Kier alpha value is 0.0600. The highest BCUT2D eigenvalue weighted by atomic mass is 127. The minimum Gasteiger partial charge on any atom is -0.381 e. The summed E-state index contributed by atoms with van der Waals surface area (Å²) in [6.07, 6.45) is 2.52. The van der Waals surface area contributed by atoms with E-state index in [1.54, 1.807) is 13.3 Å². The fraction of sp³-hybridized carbons (Fsp3) is 0.500. The van der Waals surface area contributed by atoms with Crippen LogP contribution >= 0.6 is 34.2 Å². The minimum absolute atomic E-state index is 0.121. The monoisotopic (exact) mass is 312 g/mol. The molecule has 0 bridgehead atoms. The maximum atomic E-state index is 5.84. The molecule has 0 aliphatic heterocycles. The first kappa shape index (κ1) is 11.1. The molecule has 0 amide bonds. The summed E-state index contributed by atoms with van der Waals surface area (Å²) in [7, 11) is 1.67. The number of nitrogens with zero attached hydrogens (tertiary/aromatic N) is 2. The van der Waals surface area contributed by atoms with Gasteiger partial charge in [0.25, 0.3) is 0 Å². The average Bonchev–Trinajstić information content (AvgIpc) is 2.11. The highest BCUT2D eigenvalue weighted by molar-refractivity contribution is 14.1. The molecule has 0 aliphatic carbocycles. The van der Waals surface area contributed by atoms with Gasteiger partial charge < -0.3 is 4.74 Å². The Kier molecular flexibility index (Phi) is 4.34. The van der Waals surface area contributed by atoms with Crippen LogP contribution in [0.1, 0.15) is 12.7 Å². The van der Waals surface area contributed by atoms with Crippen molar-refractivity contribution in [2.45, 2.75) is 19.4 Å². The fourth-order valence-electron chi connectivity index (χ4n) is 0.819. The Morgan fingerprint density at radius 1 is 1.69 bits per heavy atom. The highest BCUT2D eigenvalue weighted by Crippen LogP contribution is 2.14. The Morgan fingerprint density at radius 2 is 2.38 bits per heavy atom. The lowest BCUT2D eigenvalue weighted by molar-refractivity contribution is 0.117. The first-order chi connectivity index (χ1) is 6.13. The Balaban J connectivity index is 2.73. The predicted octanol–water partition coefficient (Wildman–Crippen LogP) is 2.31. The van der Waals surface area contributed by atoms with Gasteiger partial charge in [-0.15, -0.1) is 0 Å². The lowest BCUT2D eigenvalue weighted by Crippen LogP contribution is -2.11. The standard InChI is InChI=1S/C8H10ClIN2O/c1-5(13-2)3-7-11-4-6(10)8(9)12-7/h4-5H,3H2,1-2H3. The maximum absolute atomic E-state index is 5.84. The third kappa shape index (κ3) is 3.36. The van der Waals surface area contributed by atoms with Gasteiger partial charge >= 0.3 is 0 Å². The van der Waals surface area contributed by atoms with Crippen LogP contribution in [0.5, 0.6) is 0 Å². The van der Waals surface area contributed by atoms with Gasteiger partial charge in [0.05, 0.1) is 9.67 Å². The van der Waals surface area contributed by atoms with Crippen molar-refractivity contribution in [2.75, 3.05) is 7.11 Å². The molecule has 0 saturated carbocycles. The third-order valence-corrected chi connectivity index (χ3v) is 3.02. The summed E-state index contributed by atoms with van der Waals surface area (Å²) in [4.78, 5) is 8.27. The Bertz CT molecular complexity index is 295. The Morgan fingerprint density at radius 3 is 2.92 bits per heavy atom. The first-order valence-corrected chi connectivity index (χ1v) is 5.29. The second-order valence-electron chi connectivity index (χ2n) is 2.68. The molecular weight excluding hydrogens is 302 g/mol. The van der Waals surface area contributed by atoms with Crippen molar-refractivity contribution in [2.24, 2.45) is 0 Å². The van der Waals surface area contributed by atoms with Crippen LogP contribution in [0.2, 0.25) is 5.15 Å². The summed E-state index contributed by atoms with van der Waals surface area (Å²) < 4.78 is 5.97. The largest absolute Gasteiger partial charge is 0.381 e. The molecule has 0 saturated heterocycles. The van der Waals surface area contributed by atoms with Crippen LogP contribution in [0.3, 0.4) is 0 Å². The van der Waals surface area contributed by atoms with Crippen molar-refractivity contribution in [3.8, 4) is 0 Å². The Labute approximate surface area is 96.0 Å². The van der Waals surface area contributed by atoms with E-state index in [1.165, 1.54) is 0 Å². The van der Waals surface area contributed by atoms with Gasteiger partial charge in [-0.3, -0.25) is 0 Å². The van der Waals surface area contributed by atoms with Gasteiger partial charge in [-0.1, -0.05) is 11.6 Å². The van der Waals surface area contributed by atoms with E-state index in [4.69, 9.17) is 16.3 Å². The summed E-state index contributed by atoms with van der Waals surface area (Å²) in [5.74, 6) is 0.722. The fourth-order valence-corrected chi connectivity index (χ4v) is 1.23. The van der Waals surface area contributed by atoms with E-state index in [9.17, 15) is 0 Å². The van der Waals surface area contributed by atoms with Crippen molar-refractivity contribution in [3.05, 3.63) is 20.7 Å². The molecule has 13 heavy (non-hydrogen) atoms. The van der Waals surface area contributed by atoms with E-state index >= 15 is 0 Å². The average molecular weight is 313 g/mol. The zero-order valence-corrected chi connectivity index (χ0v) is 10.3. The summed E-state index contributed by atoms with van der Waals surface area (Å²) >= 11 is 7.94. The smallest absolute Gasteiger partial charge is 0.146 e. The van der Waals surface area contributed by atoms with Gasteiger partial charge in [0, 0.05) is 19.7 Å². The van der Waals surface area contributed by atoms with Crippen molar-refractivity contribution in [1.29, 1.82) is 0 Å². The van der Waals surface area contributed by atoms with E-state index in [-0.39, 0.29) is 6.10 Å². The van der Waals surface area contributed by atoms with E-state index in [2.05, 4.69) is 32.6 Å². The number of aromatic nitrogens is 2. The van der Waals surface area contributed by atoms with Gasteiger partial charge in [-0.05, 0) is 29.5 Å². The summed E-state index contributed by atoms with van der Waals surface area (Å²) in [5, 5.41) is 0.508. The van der Waals surface area contributed by atoms with Gasteiger partial charge in [0.15, 0.2) is 0 Å². The van der Waals surface area contributed by atoms with Crippen molar-refractivity contribution >= 4 is 34.2 Å². The summed E-state index contributed by atoms with van der Waals surface area (Å²) in [6.45, 7) is 1.97. The second-order valence-corrected chi connectivity index (χ2v) is 4.20. The highest BCUT2D eigenvalue weighted by Gasteiger charge is 2.06. The second kappa shape index (κ2) is 5.07. The van der Waals surface area contributed by atoms with E-state index in [0.29, 0.717) is 11.6 Å². The van der Waals surface area contributed by atoms with Crippen molar-refractivity contribution < 1.29 is 4.74 Å². The van der Waals surface area contributed by atoms with Crippen LogP contribution < -0.4 is 0 Å². The van der Waals surface area contributed by atoms with Gasteiger partial charge in [-0.25, -0.2) is 9.97 Å². The van der Waals surface area contributed by atoms with E-state index < -0.39 is 0 Å². The lowest BCUT2D eigenvalue weighted by atomic mass is 10.3. The molecule has 0 aliphatic rings. The molecule has 0 spiro atoms. The van der Waals surface area contributed by atoms with Gasteiger partial charge in [0.1, 0.15) is 11.0 Å². The molecule has 5 heteroatoms.